The van der Waals surface area contributed by atoms with Crippen LogP contribution in [0.25, 0.3) is 0 Å². The second-order valence-electron chi connectivity index (χ2n) is 9.68. The van der Waals surface area contributed by atoms with E-state index in [-0.39, 0.29) is 18.5 Å². The number of fused-ring (bicyclic) bond motifs is 2. The van der Waals surface area contributed by atoms with Crippen molar-refractivity contribution in [2.75, 3.05) is 19.6 Å². The molecule has 1 spiro atoms. The van der Waals surface area contributed by atoms with Crippen molar-refractivity contribution in [3.8, 4) is 0 Å². The predicted molar refractivity (Wildman–Crippen MR) is 114 cm³/mol. The van der Waals surface area contributed by atoms with E-state index >= 15 is 0 Å². The molecular weight excluding hydrogens is 362 g/mol. The fourth-order valence-corrected chi connectivity index (χ4v) is 6.19. The van der Waals surface area contributed by atoms with Crippen LogP contribution in [0.3, 0.4) is 0 Å². The Kier molecular flexibility index (Phi) is 5.69. The summed E-state index contributed by atoms with van der Waals surface area (Å²) in [6, 6.07) is 8.47. The third-order valence-electron chi connectivity index (χ3n) is 7.79. The van der Waals surface area contributed by atoms with Crippen molar-refractivity contribution in [3.63, 3.8) is 0 Å². The zero-order chi connectivity index (χ0) is 20.6. The van der Waals surface area contributed by atoms with E-state index in [1.54, 1.807) is 0 Å². The Balaban J connectivity index is 1.74. The average Bonchev–Trinajstić information content (AvgIpc) is 2.73. The van der Waals surface area contributed by atoms with Gasteiger partial charge in [0.25, 0.3) is 0 Å². The van der Waals surface area contributed by atoms with Crippen LogP contribution in [0.2, 0.25) is 0 Å². The zero-order valence-electron chi connectivity index (χ0n) is 17.8. The Bertz CT molecular complexity index is 761. The summed E-state index contributed by atoms with van der Waals surface area (Å²) in [4.78, 5) is 27.8. The molecule has 2 fully saturated rings. The Labute approximate surface area is 174 Å². The summed E-state index contributed by atoms with van der Waals surface area (Å²) in [5.41, 5.74) is 7.57. The first-order valence-electron chi connectivity index (χ1n) is 11.3. The summed E-state index contributed by atoms with van der Waals surface area (Å²) in [6.45, 7) is 6.30. The highest BCUT2D eigenvalue weighted by Gasteiger charge is 2.52. The molecule has 1 saturated heterocycles. The van der Waals surface area contributed by atoms with Gasteiger partial charge in [-0.15, -0.1) is 0 Å². The van der Waals surface area contributed by atoms with Gasteiger partial charge in [-0.2, -0.15) is 0 Å². The smallest absolute Gasteiger partial charge is 0.237 e. The molecule has 29 heavy (non-hydrogen) atoms. The van der Waals surface area contributed by atoms with Crippen LogP contribution in [-0.4, -0.2) is 36.3 Å². The van der Waals surface area contributed by atoms with Crippen LogP contribution in [-0.2, 0) is 15.0 Å². The van der Waals surface area contributed by atoms with Crippen molar-refractivity contribution in [3.05, 3.63) is 35.4 Å². The van der Waals surface area contributed by atoms with Gasteiger partial charge in [-0.05, 0) is 80.5 Å². The van der Waals surface area contributed by atoms with Crippen molar-refractivity contribution < 1.29 is 9.59 Å². The number of hydrogen-bond donors (Lipinski definition) is 2. The second-order valence-corrected chi connectivity index (χ2v) is 9.68. The number of rotatable bonds is 4. The van der Waals surface area contributed by atoms with Crippen LogP contribution >= 0.6 is 0 Å². The fourth-order valence-electron chi connectivity index (χ4n) is 6.19. The minimum absolute atomic E-state index is 0.0249. The molecule has 1 saturated carbocycles. The van der Waals surface area contributed by atoms with Crippen molar-refractivity contribution in [2.45, 2.75) is 63.8 Å². The first-order chi connectivity index (χ1) is 13.9. The second kappa shape index (κ2) is 8.10. The number of nitrogens with zero attached hydrogens (tertiary/aromatic N) is 1. The number of amides is 2. The van der Waals surface area contributed by atoms with Gasteiger partial charge in [-0.25, -0.2) is 0 Å². The number of nitrogens with two attached hydrogens (primary N) is 1. The van der Waals surface area contributed by atoms with Gasteiger partial charge in [0, 0.05) is 0 Å². The maximum Gasteiger partial charge on any atom is 0.237 e. The highest BCUT2D eigenvalue weighted by molar-refractivity contribution is 5.94. The fraction of sp³-hybridized carbons (Fsp3) is 0.667. The Morgan fingerprint density at radius 1 is 1.17 bits per heavy atom. The third kappa shape index (κ3) is 3.58. The first kappa shape index (κ1) is 20.4. The molecule has 0 aromatic heterocycles. The normalized spacial score (nSPS) is 29.1. The minimum atomic E-state index is -0.511. The van der Waals surface area contributed by atoms with Gasteiger partial charge in [0.05, 0.1) is 18.0 Å². The van der Waals surface area contributed by atoms with E-state index in [4.69, 9.17) is 5.73 Å². The molecule has 4 rings (SSSR count). The van der Waals surface area contributed by atoms with Gasteiger partial charge in [-0.3, -0.25) is 9.59 Å². The Morgan fingerprint density at radius 3 is 2.45 bits per heavy atom. The molecular formula is C24H35N3O2. The Hall–Kier alpha value is -1.88. The summed E-state index contributed by atoms with van der Waals surface area (Å²) >= 11 is 0. The molecule has 2 heterocycles. The van der Waals surface area contributed by atoms with Crippen molar-refractivity contribution in [2.24, 2.45) is 23.5 Å². The van der Waals surface area contributed by atoms with E-state index in [0.717, 1.165) is 44.7 Å². The monoisotopic (exact) mass is 397 g/mol. The lowest BCUT2D eigenvalue weighted by Crippen LogP contribution is -2.59. The lowest BCUT2D eigenvalue weighted by atomic mass is 9.64. The summed E-state index contributed by atoms with van der Waals surface area (Å²) in [5.74, 6) is 1.57. The maximum absolute atomic E-state index is 13.9. The summed E-state index contributed by atoms with van der Waals surface area (Å²) in [6.07, 6.45) is 6.19. The molecule has 158 valence electrons. The van der Waals surface area contributed by atoms with E-state index in [1.807, 2.05) is 4.90 Å². The standard InChI is InChI=1S/C24H35N3O2/c1-16(2)17-7-9-18(10-8-17)22-19-5-3-4-6-20(19)24(11-13-26-14-12-24)23(29)27(22)15-21(25)28/h3-6,16-18,22,26H,7-15H2,1-2H3,(H2,25,28). The van der Waals surface area contributed by atoms with Gasteiger partial charge in [-0.1, -0.05) is 38.1 Å². The van der Waals surface area contributed by atoms with Crippen LogP contribution in [0, 0.1) is 17.8 Å². The van der Waals surface area contributed by atoms with Crippen LogP contribution < -0.4 is 11.1 Å². The van der Waals surface area contributed by atoms with E-state index in [9.17, 15) is 9.59 Å². The number of nitrogens with one attached hydrogen (secondary N) is 1. The van der Waals surface area contributed by atoms with Crippen LogP contribution in [0.5, 0.6) is 0 Å². The molecule has 3 aliphatic rings. The summed E-state index contributed by atoms with van der Waals surface area (Å²) < 4.78 is 0. The van der Waals surface area contributed by atoms with Gasteiger partial charge >= 0.3 is 0 Å². The van der Waals surface area contributed by atoms with Gasteiger partial charge in [0.1, 0.15) is 0 Å². The molecule has 0 radical (unpaired) electrons. The van der Waals surface area contributed by atoms with Gasteiger partial charge in [0.2, 0.25) is 11.8 Å². The molecule has 2 amide bonds. The highest BCUT2D eigenvalue weighted by Crippen LogP contribution is 2.51. The average molecular weight is 398 g/mol. The first-order valence-corrected chi connectivity index (χ1v) is 11.3. The van der Waals surface area contributed by atoms with Crippen LogP contribution in [0.15, 0.2) is 24.3 Å². The Morgan fingerprint density at radius 2 is 1.83 bits per heavy atom. The molecule has 2 aliphatic heterocycles. The number of carbonyl (C=O) groups excluding carboxylic acids is 2. The number of primary amides is 1. The molecule has 1 unspecified atom stereocenters. The largest absolute Gasteiger partial charge is 0.368 e. The maximum atomic E-state index is 13.9. The highest BCUT2D eigenvalue weighted by atomic mass is 16.2. The van der Waals surface area contributed by atoms with Gasteiger partial charge < -0.3 is 16.0 Å². The summed E-state index contributed by atoms with van der Waals surface area (Å²) in [7, 11) is 0. The molecule has 1 aliphatic carbocycles. The van der Waals surface area contributed by atoms with E-state index < -0.39 is 11.3 Å². The number of hydrogen-bond acceptors (Lipinski definition) is 3. The molecule has 5 heteroatoms. The molecule has 1 aromatic carbocycles. The lowest BCUT2D eigenvalue weighted by molar-refractivity contribution is -0.148. The van der Waals surface area contributed by atoms with Crippen LogP contribution in [0.1, 0.15) is 69.5 Å². The van der Waals surface area contributed by atoms with E-state index in [2.05, 4.69) is 43.4 Å². The minimum Gasteiger partial charge on any atom is -0.368 e. The number of carbonyl (C=O) groups is 2. The molecule has 1 aromatic rings. The summed E-state index contributed by atoms with van der Waals surface area (Å²) in [5, 5.41) is 3.39. The molecule has 1 atom stereocenters. The number of benzene rings is 1. The quantitative estimate of drug-likeness (QED) is 0.820. The molecule has 5 nitrogen and oxygen atoms in total. The topological polar surface area (TPSA) is 75.4 Å². The van der Waals surface area contributed by atoms with E-state index in [0.29, 0.717) is 11.8 Å². The SMILES string of the molecule is CC(C)C1CCC(C2c3ccccc3C3(CCNCC3)C(=O)N2CC(N)=O)CC1. The lowest BCUT2D eigenvalue weighted by Gasteiger charge is -2.51. The number of piperidine rings is 1. The van der Waals surface area contributed by atoms with Crippen molar-refractivity contribution >= 4 is 11.8 Å². The van der Waals surface area contributed by atoms with Gasteiger partial charge in [0.15, 0.2) is 0 Å². The zero-order valence-corrected chi connectivity index (χ0v) is 17.8. The van der Waals surface area contributed by atoms with Crippen molar-refractivity contribution in [1.82, 2.24) is 10.2 Å². The van der Waals surface area contributed by atoms with Crippen LogP contribution in [0.4, 0.5) is 0 Å². The molecule has 3 N–H and O–H groups in total. The van der Waals surface area contributed by atoms with Crippen molar-refractivity contribution in [1.29, 1.82) is 0 Å². The van der Waals surface area contributed by atoms with E-state index in [1.165, 1.54) is 24.0 Å². The predicted octanol–water partition coefficient (Wildman–Crippen LogP) is 3.14. The third-order valence-corrected chi connectivity index (χ3v) is 7.79. The molecule has 0 bridgehead atoms.